The number of carbonyl (C=O) groups is 1. The van der Waals surface area contributed by atoms with Gasteiger partial charge in [0.15, 0.2) is 5.60 Å². The first-order valence-electron chi connectivity index (χ1n) is 2.44. The molecule has 0 fully saturated rings. The van der Waals surface area contributed by atoms with Crippen molar-refractivity contribution in [2.45, 2.75) is 25.9 Å². The highest BCUT2D eigenvalue weighted by molar-refractivity contribution is 5.76. The second kappa shape index (κ2) is 2.13. The third kappa shape index (κ3) is 1.50. The molecule has 0 aromatic heterocycles. The van der Waals surface area contributed by atoms with Gasteiger partial charge in [-0.25, -0.2) is 9.90 Å². The molecule has 1 unspecified atom stereocenters. The zero-order valence-electron chi connectivity index (χ0n) is 4.97. The minimum absolute atomic E-state index is 0.127. The van der Waals surface area contributed by atoms with Crippen LogP contribution in [0.5, 0.6) is 0 Å². The van der Waals surface area contributed by atoms with Gasteiger partial charge in [0.05, 0.1) is 0 Å². The van der Waals surface area contributed by atoms with Crippen LogP contribution in [0.15, 0.2) is 0 Å². The molecular formula is C5H9O3. The smallest absolute Gasteiger partial charge is 0.339 e. The van der Waals surface area contributed by atoms with Crippen molar-refractivity contribution in [2.75, 3.05) is 0 Å². The van der Waals surface area contributed by atoms with Gasteiger partial charge in [0.1, 0.15) is 0 Å². The summed E-state index contributed by atoms with van der Waals surface area (Å²) in [5.41, 5.74) is -1.79. The van der Waals surface area contributed by atoms with Crippen molar-refractivity contribution in [1.82, 2.24) is 0 Å². The van der Waals surface area contributed by atoms with E-state index in [-0.39, 0.29) is 6.42 Å². The summed E-state index contributed by atoms with van der Waals surface area (Å²) in [6.45, 7) is 2.72. The molecule has 0 aromatic rings. The Morgan fingerprint density at radius 2 is 2.12 bits per heavy atom. The van der Waals surface area contributed by atoms with Crippen molar-refractivity contribution in [2.24, 2.45) is 0 Å². The van der Waals surface area contributed by atoms with E-state index in [1.54, 1.807) is 6.92 Å². The van der Waals surface area contributed by atoms with E-state index < -0.39 is 11.6 Å². The Morgan fingerprint density at radius 3 is 2.12 bits per heavy atom. The van der Waals surface area contributed by atoms with E-state index in [1.807, 2.05) is 0 Å². The summed E-state index contributed by atoms with van der Waals surface area (Å²) in [4.78, 5) is 9.94. The summed E-state index contributed by atoms with van der Waals surface area (Å²) in [6.07, 6.45) is 0.127. The van der Waals surface area contributed by atoms with Crippen LogP contribution < -0.4 is 0 Å². The van der Waals surface area contributed by atoms with Gasteiger partial charge in [-0.3, -0.25) is 0 Å². The Labute approximate surface area is 47.9 Å². The van der Waals surface area contributed by atoms with E-state index >= 15 is 0 Å². The average molecular weight is 117 g/mol. The molecule has 0 spiro atoms. The lowest BCUT2D eigenvalue weighted by Crippen LogP contribution is -2.31. The quantitative estimate of drug-likeness (QED) is 0.577. The monoisotopic (exact) mass is 117 g/mol. The normalized spacial score (nSPS) is 17.4. The molecule has 1 radical (unpaired) electrons. The van der Waals surface area contributed by atoms with Gasteiger partial charge in [-0.05, 0) is 13.3 Å². The highest BCUT2D eigenvalue weighted by atomic mass is 16.4. The van der Waals surface area contributed by atoms with Crippen molar-refractivity contribution >= 4 is 5.97 Å². The van der Waals surface area contributed by atoms with Crippen LogP contribution in [0.25, 0.3) is 0 Å². The van der Waals surface area contributed by atoms with Gasteiger partial charge in [-0.15, -0.1) is 0 Å². The summed E-state index contributed by atoms with van der Waals surface area (Å²) in [7, 11) is 0. The lowest BCUT2D eigenvalue weighted by Gasteiger charge is -2.09. The Hall–Kier alpha value is -0.570. The number of hydrogen-bond donors (Lipinski definition) is 1. The summed E-state index contributed by atoms with van der Waals surface area (Å²) >= 11 is 0. The molecule has 1 N–H and O–H groups in total. The molecule has 1 atom stereocenters. The van der Waals surface area contributed by atoms with Crippen LogP contribution in [0.4, 0.5) is 0 Å². The van der Waals surface area contributed by atoms with Gasteiger partial charge < -0.3 is 5.11 Å². The molecule has 0 aromatic carbocycles. The van der Waals surface area contributed by atoms with Gasteiger partial charge in [0.2, 0.25) is 0 Å². The first-order valence-corrected chi connectivity index (χ1v) is 2.44. The molecule has 0 heterocycles. The van der Waals surface area contributed by atoms with Gasteiger partial charge >= 0.3 is 5.97 Å². The SMILES string of the molecule is CCC(C)([O])C(=O)O. The number of carboxylic acids is 1. The lowest BCUT2D eigenvalue weighted by molar-refractivity contribution is -0.163. The number of rotatable bonds is 2. The fourth-order valence-electron chi connectivity index (χ4n) is 0.151. The summed E-state index contributed by atoms with van der Waals surface area (Å²) in [5, 5.41) is 18.7. The van der Waals surface area contributed by atoms with Gasteiger partial charge in [0.25, 0.3) is 0 Å². The number of carboxylic acid groups (broad SMARTS) is 1. The van der Waals surface area contributed by atoms with Crippen molar-refractivity contribution in [3.63, 3.8) is 0 Å². The van der Waals surface area contributed by atoms with E-state index in [1.165, 1.54) is 0 Å². The Bertz CT molecular complexity index is 95.8. The van der Waals surface area contributed by atoms with Crippen molar-refractivity contribution < 1.29 is 15.0 Å². The van der Waals surface area contributed by atoms with E-state index in [2.05, 4.69) is 0 Å². The molecule has 3 nitrogen and oxygen atoms in total. The Morgan fingerprint density at radius 1 is 1.75 bits per heavy atom. The minimum Gasteiger partial charge on any atom is -0.479 e. The van der Waals surface area contributed by atoms with Crippen LogP contribution >= 0.6 is 0 Å². The molecule has 0 bridgehead atoms. The Kier molecular flexibility index (Phi) is 1.98. The lowest BCUT2D eigenvalue weighted by atomic mass is 10.1. The average Bonchev–Trinajstić information content (AvgIpc) is 1.67. The standard InChI is InChI=1S/C5H9O3/c1-3-5(2,8)4(6)7/h3H2,1-2H3,(H,6,7). The zero-order valence-corrected chi connectivity index (χ0v) is 4.97. The van der Waals surface area contributed by atoms with Crippen molar-refractivity contribution in [3.8, 4) is 0 Å². The van der Waals surface area contributed by atoms with Crippen LogP contribution in [-0.2, 0) is 9.90 Å². The zero-order chi connectivity index (χ0) is 6.78. The molecule has 0 saturated heterocycles. The predicted octanol–water partition coefficient (Wildman–Crippen LogP) is 0.670. The molecular weight excluding hydrogens is 108 g/mol. The second-order valence-electron chi connectivity index (χ2n) is 1.89. The first kappa shape index (κ1) is 7.43. The van der Waals surface area contributed by atoms with Crippen LogP contribution in [0.3, 0.4) is 0 Å². The molecule has 0 rings (SSSR count). The van der Waals surface area contributed by atoms with Gasteiger partial charge in [0, 0.05) is 0 Å². The van der Waals surface area contributed by atoms with E-state index in [0.717, 1.165) is 6.92 Å². The van der Waals surface area contributed by atoms with Crippen molar-refractivity contribution in [1.29, 1.82) is 0 Å². The van der Waals surface area contributed by atoms with E-state index in [9.17, 15) is 9.90 Å². The maximum Gasteiger partial charge on any atom is 0.339 e. The van der Waals surface area contributed by atoms with E-state index in [0.29, 0.717) is 0 Å². The topological polar surface area (TPSA) is 57.2 Å². The van der Waals surface area contributed by atoms with Crippen molar-refractivity contribution in [3.05, 3.63) is 0 Å². The summed E-state index contributed by atoms with van der Waals surface area (Å²) in [6, 6.07) is 0. The molecule has 0 aliphatic heterocycles. The Balaban J connectivity index is 3.91. The maximum absolute atomic E-state index is 10.6. The van der Waals surface area contributed by atoms with Crippen LogP contribution in [0.2, 0.25) is 0 Å². The first-order chi connectivity index (χ1) is 3.50. The summed E-state index contributed by atoms with van der Waals surface area (Å²) in [5.74, 6) is -1.28. The van der Waals surface area contributed by atoms with Gasteiger partial charge in [-0.1, -0.05) is 6.92 Å². The molecule has 3 heteroatoms. The maximum atomic E-state index is 10.6. The minimum atomic E-state index is -1.79. The fourth-order valence-corrected chi connectivity index (χ4v) is 0.151. The molecule has 0 amide bonds. The number of aliphatic carboxylic acids is 1. The number of hydrogen-bond acceptors (Lipinski definition) is 1. The summed E-state index contributed by atoms with van der Waals surface area (Å²) < 4.78 is 0. The molecule has 8 heavy (non-hydrogen) atoms. The largest absolute Gasteiger partial charge is 0.479 e. The van der Waals surface area contributed by atoms with Crippen LogP contribution in [0.1, 0.15) is 20.3 Å². The van der Waals surface area contributed by atoms with Crippen LogP contribution in [-0.4, -0.2) is 16.7 Å². The molecule has 0 aliphatic carbocycles. The van der Waals surface area contributed by atoms with Gasteiger partial charge in [-0.2, -0.15) is 0 Å². The second-order valence-corrected chi connectivity index (χ2v) is 1.89. The fraction of sp³-hybridized carbons (Fsp3) is 0.800. The molecule has 47 valence electrons. The third-order valence-electron chi connectivity index (χ3n) is 1.13. The third-order valence-corrected chi connectivity index (χ3v) is 1.13. The predicted molar refractivity (Wildman–Crippen MR) is 27.0 cm³/mol. The highest BCUT2D eigenvalue weighted by Gasteiger charge is 2.29. The highest BCUT2D eigenvalue weighted by Crippen LogP contribution is 2.07. The molecule has 0 saturated carbocycles. The molecule has 0 aliphatic rings. The van der Waals surface area contributed by atoms with E-state index in [4.69, 9.17) is 5.11 Å². The van der Waals surface area contributed by atoms with Crippen LogP contribution in [0, 0.1) is 0 Å².